The van der Waals surface area contributed by atoms with Gasteiger partial charge in [0.05, 0.1) is 12.2 Å². The average Bonchev–Trinajstić information content (AvgIpc) is 2.67. The number of amides is 1. The third-order valence-corrected chi connectivity index (χ3v) is 4.45. The Hall–Kier alpha value is -1.56. The number of aryl methyl sites for hydroxylation is 1. The number of halogens is 1. The number of carbonyl (C=O) groups excluding carboxylic acids is 2. The monoisotopic (exact) mass is 341 g/mol. The molecule has 1 aliphatic rings. The summed E-state index contributed by atoms with van der Waals surface area (Å²) in [6.45, 7) is 5.24. The number of hydrogen-bond acceptors (Lipinski definition) is 4. The number of carbonyl (C=O) groups is 2. The molecule has 0 spiro atoms. The summed E-state index contributed by atoms with van der Waals surface area (Å²) in [6, 6.07) is 0. The van der Waals surface area contributed by atoms with Crippen LogP contribution < -0.4 is 0 Å². The Balaban J connectivity index is 1.96. The van der Waals surface area contributed by atoms with E-state index in [1.807, 2.05) is 13.8 Å². The van der Waals surface area contributed by atoms with Gasteiger partial charge in [-0.2, -0.15) is 5.10 Å². The second-order valence-electron chi connectivity index (χ2n) is 6.16. The van der Waals surface area contributed by atoms with Crippen LogP contribution in [0.25, 0.3) is 0 Å². The largest absolute Gasteiger partial charge is 0.460 e. The second-order valence-corrected chi connectivity index (χ2v) is 6.51. The van der Waals surface area contributed by atoms with Crippen LogP contribution >= 0.6 is 11.6 Å². The van der Waals surface area contributed by atoms with Crippen molar-refractivity contribution in [3.8, 4) is 0 Å². The van der Waals surface area contributed by atoms with Crippen LogP contribution in [0.2, 0.25) is 5.15 Å². The Morgan fingerprint density at radius 1 is 1.35 bits per heavy atom. The number of likely N-dealkylation sites (tertiary alicyclic amines) is 1. The highest BCUT2D eigenvalue weighted by Gasteiger charge is 2.25. The molecule has 2 heterocycles. The van der Waals surface area contributed by atoms with Gasteiger partial charge in [0.15, 0.2) is 0 Å². The normalized spacial score (nSPS) is 15.9. The molecule has 1 aliphatic heterocycles. The summed E-state index contributed by atoms with van der Waals surface area (Å²) in [5.74, 6) is -0.265. The number of ether oxygens (including phenoxy) is 1. The number of hydrogen-bond donors (Lipinski definition) is 0. The molecule has 6 nitrogen and oxygen atoms in total. The molecule has 0 aromatic carbocycles. The predicted octanol–water partition coefficient (Wildman–Crippen LogP) is 2.76. The van der Waals surface area contributed by atoms with Crippen molar-refractivity contribution in [2.75, 3.05) is 19.7 Å². The lowest BCUT2D eigenvalue weighted by Crippen LogP contribution is -2.33. The minimum absolute atomic E-state index is 0.0726. The molecule has 23 heavy (non-hydrogen) atoms. The fourth-order valence-electron chi connectivity index (χ4n) is 2.71. The van der Waals surface area contributed by atoms with Crippen LogP contribution in [0, 0.1) is 0 Å². The van der Waals surface area contributed by atoms with Gasteiger partial charge in [-0.1, -0.05) is 31.9 Å². The van der Waals surface area contributed by atoms with E-state index in [0.29, 0.717) is 24.2 Å². The summed E-state index contributed by atoms with van der Waals surface area (Å²) >= 11 is 6.16. The van der Waals surface area contributed by atoms with Gasteiger partial charge in [0.25, 0.3) is 0 Å². The lowest BCUT2D eigenvalue weighted by Gasteiger charge is -2.20. The second kappa shape index (κ2) is 7.81. The Bertz CT molecular complexity index is 583. The third kappa shape index (κ3) is 4.25. The first-order chi connectivity index (χ1) is 10.9. The summed E-state index contributed by atoms with van der Waals surface area (Å²) in [4.78, 5) is 26.0. The fourth-order valence-corrected chi connectivity index (χ4v) is 2.92. The molecule has 128 valence electrons. The zero-order chi connectivity index (χ0) is 17.0. The quantitative estimate of drug-likeness (QED) is 0.772. The Kier molecular flexibility index (Phi) is 6.04. The van der Waals surface area contributed by atoms with Crippen LogP contribution in [-0.2, 0) is 16.6 Å². The first-order valence-electron chi connectivity index (χ1n) is 8.09. The highest BCUT2D eigenvalue weighted by atomic mass is 35.5. The SMILES string of the molecule is CC(C)c1nn(C)c(Cl)c1C(=O)OCCN1CCCCCC1=O. The predicted molar refractivity (Wildman–Crippen MR) is 87.6 cm³/mol. The van der Waals surface area contributed by atoms with Gasteiger partial charge >= 0.3 is 5.97 Å². The number of aromatic nitrogens is 2. The van der Waals surface area contributed by atoms with Gasteiger partial charge in [-0.05, 0) is 18.8 Å². The van der Waals surface area contributed by atoms with E-state index in [1.165, 1.54) is 4.68 Å². The van der Waals surface area contributed by atoms with Crippen LogP contribution in [0.5, 0.6) is 0 Å². The molecule has 0 bridgehead atoms. The number of rotatable bonds is 5. The van der Waals surface area contributed by atoms with Crippen molar-refractivity contribution < 1.29 is 14.3 Å². The average molecular weight is 342 g/mol. The topological polar surface area (TPSA) is 64.4 Å². The molecular weight excluding hydrogens is 318 g/mol. The van der Waals surface area contributed by atoms with Crippen LogP contribution in [0.1, 0.15) is 61.5 Å². The molecule has 2 rings (SSSR count). The molecule has 0 aliphatic carbocycles. The van der Waals surface area contributed by atoms with Gasteiger partial charge in [-0.25, -0.2) is 4.79 Å². The van der Waals surface area contributed by atoms with Crippen molar-refractivity contribution in [2.45, 2.75) is 45.4 Å². The summed E-state index contributed by atoms with van der Waals surface area (Å²) in [6.07, 6.45) is 3.61. The molecule has 0 radical (unpaired) electrons. The van der Waals surface area contributed by atoms with Crippen molar-refractivity contribution in [1.82, 2.24) is 14.7 Å². The van der Waals surface area contributed by atoms with Gasteiger partial charge < -0.3 is 9.64 Å². The molecule has 0 atom stereocenters. The molecule has 0 unspecified atom stereocenters. The maximum absolute atomic E-state index is 12.3. The summed E-state index contributed by atoms with van der Waals surface area (Å²) in [5.41, 5.74) is 0.958. The lowest BCUT2D eigenvalue weighted by atomic mass is 10.1. The van der Waals surface area contributed by atoms with Crippen LogP contribution in [0.15, 0.2) is 0 Å². The third-order valence-electron chi connectivity index (χ3n) is 4.02. The van der Waals surface area contributed by atoms with E-state index in [4.69, 9.17) is 16.3 Å². The van der Waals surface area contributed by atoms with Crippen molar-refractivity contribution in [2.24, 2.45) is 7.05 Å². The minimum Gasteiger partial charge on any atom is -0.460 e. The van der Waals surface area contributed by atoms with Gasteiger partial charge in [-0.3, -0.25) is 9.48 Å². The van der Waals surface area contributed by atoms with E-state index in [1.54, 1.807) is 11.9 Å². The first kappa shape index (κ1) is 17.8. The first-order valence-corrected chi connectivity index (χ1v) is 8.47. The number of nitrogens with zero attached hydrogens (tertiary/aromatic N) is 3. The lowest BCUT2D eigenvalue weighted by molar-refractivity contribution is -0.131. The molecule has 1 fully saturated rings. The molecule has 7 heteroatoms. The maximum atomic E-state index is 12.3. The van der Waals surface area contributed by atoms with Crippen molar-refractivity contribution in [1.29, 1.82) is 0 Å². The number of esters is 1. The van der Waals surface area contributed by atoms with Crippen LogP contribution in [0.3, 0.4) is 0 Å². The smallest absolute Gasteiger partial charge is 0.343 e. The van der Waals surface area contributed by atoms with Gasteiger partial charge in [0.2, 0.25) is 5.91 Å². The summed E-state index contributed by atoms with van der Waals surface area (Å²) in [5, 5.41) is 4.55. The molecule has 0 N–H and O–H groups in total. The molecule has 1 saturated heterocycles. The van der Waals surface area contributed by atoms with Gasteiger partial charge in [0.1, 0.15) is 17.3 Å². The Morgan fingerprint density at radius 2 is 2.09 bits per heavy atom. The van der Waals surface area contributed by atoms with E-state index in [-0.39, 0.29) is 23.6 Å². The van der Waals surface area contributed by atoms with Gasteiger partial charge in [0, 0.05) is 20.0 Å². The highest BCUT2D eigenvalue weighted by Crippen LogP contribution is 2.26. The van der Waals surface area contributed by atoms with E-state index in [2.05, 4.69) is 5.10 Å². The molecule has 1 amide bonds. The molecule has 0 saturated carbocycles. The van der Waals surface area contributed by atoms with E-state index in [9.17, 15) is 9.59 Å². The van der Waals surface area contributed by atoms with E-state index in [0.717, 1.165) is 25.8 Å². The van der Waals surface area contributed by atoms with Crippen molar-refractivity contribution in [3.63, 3.8) is 0 Å². The molecule has 1 aromatic rings. The fraction of sp³-hybridized carbons (Fsp3) is 0.688. The summed E-state index contributed by atoms with van der Waals surface area (Å²) < 4.78 is 6.81. The molecule has 1 aromatic heterocycles. The van der Waals surface area contributed by atoms with Crippen LogP contribution in [-0.4, -0.2) is 46.3 Å². The van der Waals surface area contributed by atoms with E-state index < -0.39 is 5.97 Å². The summed E-state index contributed by atoms with van der Waals surface area (Å²) in [7, 11) is 1.70. The minimum atomic E-state index is -0.478. The molecular formula is C16H24ClN3O3. The zero-order valence-electron chi connectivity index (χ0n) is 14.0. The Labute approximate surface area is 141 Å². The maximum Gasteiger partial charge on any atom is 0.343 e. The Morgan fingerprint density at radius 3 is 2.78 bits per heavy atom. The van der Waals surface area contributed by atoms with E-state index >= 15 is 0 Å². The van der Waals surface area contributed by atoms with Crippen LogP contribution in [0.4, 0.5) is 0 Å². The standard InChI is InChI=1S/C16H24ClN3O3/c1-11(2)14-13(15(17)19(3)18-14)16(22)23-10-9-20-8-6-4-5-7-12(20)21/h11H,4-10H2,1-3H3. The van der Waals surface area contributed by atoms with Crippen molar-refractivity contribution >= 4 is 23.5 Å². The van der Waals surface area contributed by atoms with Gasteiger partial charge in [-0.15, -0.1) is 0 Å². The highest BCUT2D eigenvalue weighted by molar-refractivity contribution is 6.32. The zero-order valence-corrected chi connectivity index (χ0v) is 14.7. The van der Waals surface area contributed by atoms with Crippen molar-refractivity contribution in [3.05, 3.63) is 16.4 Å².